The van der Waals surface area contributed by atoms with E-state index in [1.54, 1.807) is 0 Å². The molecule has 0 atom stereocenters. The number of hydrogen-bond acceptors (Lipinski definition) is 3. The smallest absolute Gasteiger partial charge is 0.0786 e. The Hall–Kier alpha value is -1.40. The Balaban J connectivity index is 2.78. The Morgan fingerprint density at radius 3 is 2.63 bits per heavy atom. The first kappa shape index (κ1) is 15.7. The lowest BCUT2D eigenvalue weighted by atomic mass is 9.88. The number of nitrogens with one attached hydrogen (secondary N) is 1. The molecule has 1 aromatic rings. The lowest BCUT2D eigenvalue weighted by Gasteiger charge is -2.27. The summed E-state index contributed by atoms with van der Waals surface area (Å²) in [4.78, 5) is 2.01. The summed E-state index contributed by atoms with van der Waals surface area (Å²) in [6.07, 6.45) is 1.47. The third kappa shape index (κ3) is 4.65. The molecule has 0 fully saturated rings. The van der Waals surface area contributed by atoms with Gasteiger partial charge in [-0.05, 0) is 24.0 Å². The molecule has 0 saturated carbocycles. The van der Waals surface area contributed by atoms with Crippen LogP contribution >= 0.6 is 11.6 Å². The maximum Gasteiger partial charge on any atom is 0.0786 e. The highest BCUT2D eigenvalue weighted by Gasteiger charge is 2.18. The number of anilines is 2. The van der Waals surface area contributed by atoms with Crippen molar-refractivity contribution >= 4 is 23.0 Å². The van der Waals surface area contributed by atoms with E-state index in [4.69, 9.17) is 16.9 Å². The van der Waals surface area contributed by atoms with Crippen molar-refractivity contribution in [3.8, 4) is 6.07 Å². The maximum atomic E-state index is 8.67. The molecule has 0 bridgehead atoms. The lowest BCUT2D eigenvalue weighted by molar-refractivity contribution is 0.364. The normalized spacial score (nSPS) is 10.9. The predicted octanol–water partition coefficient (Wildman–Crippen LogP) is 4.15. The van der Waals surface area contributed by atoms with Gasteiger partial charge in [0, 0.05) is 27.1 Å². The second-order valence-electron chi connectivity index (χ2n) is 5.71. The molecule has 0 aliphatic heterocycles. The zero-order valence-corrected chi connectivity index (χ0v) is 12.9. The number of nitriles is 1. The molecular formula is C15H22ClN3. The van der Waals surface area contributed by atoms with Crippen LogP contribution in [0, 0.1) is 16.7 Å². The molecule has 0 amide bonds. The van der Waals surface area contributed by atoms with Gasteiger partial charge in [-0.15, -0.1) is 0 Å². The maximum absolute atomic E-state index is 8.67. The molecule has 0 heterocycles. The molecule has 1 rings (SSSR count). The molecule has 104 valence electrons. The van der Waals surface area contributed by atoms with Crippen LogP contribution in [-0.2, 0) is 0 Å². The number of hydrogen-bond donors (Lipinski definition) is 1. The lowest BCUT2D eigenvalue weighted by Crippen LogP contribution is -2.24. The average Bonchev–Trinajstić information content (AvgIpc) is 2.33. The third-order valence-electron chi connectivity index (χ3n) is 3.10. The minimum atomic E-state index is 0.0850. The highest BCUT2D eigenvalue weighted by molar-refractivity contribution is 6.34. The van der Waals surface area contributed by atoms with E-state index in [2.05, 4.69) is 25.2 Å². The minimum Gasteiger partial charge on any atom is -0.383 e. The van der Waals surface area contributed by atoms with E-state index in [1.807, 2.05) is 37.2 Å². The summed E-state index contributed by atoms with van der Waals surface area (Å²) in [6, 6.07) is 8.07. The summed E-state index contributed by atoms with van der Waals surface area (Å²) >= 11 is 6.23. The van der Waals surface area contributed by atoms with Crippen LogP contribution in [0.3, 0.4) is 0 Å². The first-order valence-corrected chi connectivity index (χ1v) is 6.82. The molecule has 3 nitrogen and oxygen atoms in total. The first-order chi connectivity index (χ1) is 8.87. The van der Waals surface area contributed by atoms with Crippen LogP contribution in [0.1, 0.15) is 26.7 Å². The SMILES string of the molecule is CN(C)c1c(Cl)cccc1NCC(C)(C)CCC#N. The van der Waals surface area contributed by atoms with Crippen molar-refractivity contribution in [3.63, 3.8) is 0 Å². The van der Waals surface area contributed by atoms with Crippen molar-refractivity contribution in [2.75, 3.05) is 30.9 Å². The van der Waals surface area contributed by atoms with E-state index < -0.39 is 0 Å². The van der Waals surface area contributed by atoms with E-state index in [9.17, 15) is 0 Å². The Labute approximate surface area is 121 Å². The van der Waals surface area contributed by atoms with Crippen molar-refractivity contribution in [2.45, 2.75) is 26.7 Å². The summed E-state index contributed by atoms with van der Waals surface area (Å²) in [6.45, 7) is 5.14. The van der Waals surface area contributed by atoms with E-state index in [1.165, 1.54) is 0 Å². The molecule has 0 spiro atoms. The zero-order chi connectivity index (χ0) is 14.5. The van der Waals surface area contributed by atoms with Crippen LogP contribution in [0.15, 0.2) is 18.2 Å². The standard InChI is InChI=1S/C15H22ClN3/c1-15(2,9-6-10-17)11-18-13-8-5-7-12(16)14(13)19(3)4/h5,7-8,18H,6,9,11H2,1-4H3. The van der Waals surface area contributed by atoms with Gasteiger partial charge in [-0.3, -0.25) is 0 Å². The molecular weight excluding hydrogens is 258 g/mol. The van der Waals surface area contributed by atoms with E-state index in [0.717, 1.165) is 29.4 Å². The molecule has 0 aliphatic carbocycles. The van der Waals surface area contributed by atoms with E-state index >= 15 is 0 Å². The van der Waals surface area contributed by atoms with Gasteiger partial charge in [0.1, 0.15) is 0 Å². The molecule has 0 saturated heterocycles. The van der Waals surface area contributed by atoms with Gasteiger partial charge in [0.25, 0.3) is 0 Å². The number of halogens is 1. The van der Waals surface area contributed by atoms with Crippen molar-refractivity contribution in [1.82, 2.24) is 0 Å². The molecule has 0 aromatic heterocycles. The van der Waals surface area contributed by atoms with Crippen molar-refractivity contribution in [2.24, 2.45) is 5.41 Å². The second-order valence-corrected chi connectivity index (χ2v) is 6.11. The van der Waals surface area contributed by atoms with Gasteiger partial charge in [0.15, 0.2) is 0 Å². The number of benzene rings is 1. The van der Waals surface area contributed by atoms with Crippen molar-refractivity contribution in [1.29, 1.82) is 5.26 Å². The highest BCUT2D eigenvalue weighted by atomic mass is 35.5. The van der Waals surface area contributed by atoms with Crippen LogP contribution in [0.4, 0.5) is 11.4 Å². The van der Waals surface area contributed by atoms with Gasteiger partial charge in [0.2, 0.25) is 0 Å². The van der Waals surface area contributed by atoms with Crippen molar-refractivity contribution < 1.29 is 0 Å². The third-order valence-corrected chi connectivity index (χ3v) is 3.41. The molecule has 0 unspecified atom stereocenters. The summed E-state index contributed by atoms with van der Waals surface area (Å²) < 4.78 is 0. The molecule has 4 heteroatoms. The van der Waals surface area contributed by atoms with Crippen LogP contribution in [0.2, 0.25) is 5.02 Å². The Bertz CT molecular complexity index is 461. The van der Waals surface area contributed by atoms with Gasteiger partial charge in [-0.25, -0.2) is 0 Å². The monoisotopic (exact) mass is 279 g/mol. The molecule has 0 aliphatic rings. The van der Waals surface area contributed by atoms with E-state index in [-0.39, 0.29) is 5.41 Å². The summed E-state index contributed by atoms with van der Waals surface area (Å²) in [5.74, 6) is 0. The van der Waals surface area contributed by atoms with Crippen LogP contribution in [-0.4, -0.2) is 20.6 Å². The summed E-state index contributed by atoms with van der Waals surface area (Å²) in [5.41, 5.74) is 2.12. The summed E-state index contributed by atoms with van der Waals surface area (Å²) in [5, 5.41) is 12.9. The first-order valence-electron chi connectivity index (χ1n) is 6.44. The van der Waals surface area contributed by atoms with Crippen LogP contribution in [0.5, 0.6) is 0 Å². The van der Waals surface area contributed by atoms with Gasteiger partial charge >= 0.3 is 0 Å². The van der Waals surface area contributed by atoms with Gasteiger partial charge in [-0.1, -0.05) is 31.5 Å². The Morgan fingerprint density at radius 2 is 2.05 bits per heavy atom. The zero-order valence-electron chi connectivity index (χ0n) is 12.1. The second kappa shape index (κ2) is 6.68. The fraction of sp³-hybridized carbons (Fsp3) is 0.533. The molecule has 1 N–H and O–H groups in total. The van der Waals surface area contributed by atoms with Gasteiger partial charge in [0.05, 0.1) is 22.5 Å². The predicted molar refractivity (Wildman–Crippen MR) is 82.9 cm³/mol. The largest absolute Gasteiger partial charge is 0.383 e. The minimum absolute atomic E-state index is 0.0850. The number of nitrogens with zero attached hydrogens (tertiary/aromatic N) is 2. The van der Waals surface area contributed by atoms with Crippen molar-refractivity contribution in [3.05, 3.63) is 23.2 Å². The number of para-hydroxylation sites is 1. The Kier molecular flexibility index (Phi) is 5.50. The fourth-order valence-electron chi connectivity index (χ4n) is 1.93. The summed E-state index contributed by atoms with van der Waals surface area (Å²) in [7, 11) is 3.96. The van der Waals surface area contributed by atoms with Gasteiger partial charge < -0.3 is 10.2 Å². The number of rotatable bonds is 6. The molecule has 0 radical (unpaired) electrons. The molecule has 1 aromatic carbocycles. The fourth-order valence-corrected chi connectivity index (χ4v) is 2.27. The molecule has 19 heavy (non-hydrogen) atoms. The van der Waals surface area contributed by atoms with Crippen LogP contribution < -0.4 is 10.2 Å². The topological polar surface area (TPSA) is 39.1 Å². The highest BCUT2D eigenvalue weighted by Crippen LogP contribution is 2.33. The average molecular weight is 280 g/mol. The Morgan fingerprint density at radius 1 is 1.37 bits per heavy atom. The van der Waals surface area contributed by atoms with Crippen LogP contribution in [0.25, 0.3) is 0 Å². The quantitative estimate of drug-likeness (QED) is 0.850. The van der Waals surface area contributed by atoms with E-state index in [0.29, 0.717) is 6.42 Å². The van der Waals surface area contributed by atoms with Gasteiger partial charge in [-0.2, -0.15) is 5.26 Å².